The van der Waals surface area contributed by atoms with Gasteiger partial charge in [-0.1, -0.05) is 135 Å². The van der Waals surface area contributed by atoms with Crippen LogP contribution in [-0.4, -0.2) is 143 Å². The number of fused-ring (bicyclic) bond motifs is 5. The molecule has 0 amide bonds. The summed E-state index contributed by atoms with van der Waals surface area (Å²) >= 11 is 30.3. The number of benzene rings is 5. The van der Waals surface area contributed by atoms with E-state index in [2.05, 4.69) is 109 Å². The van der Waals surface area contributed by atoms with E-state index in [0.717, 1.165) is 103 Å². The lowest BCUT2D eigenvalue weighted by Crippen LogP contribution is -2.10. The van der Waals surface area contributed by atoms with Crippen molar-refractivity contribution in [3.05, 3.63) is 241 Å². The van der Waals surface area contributed by atoms with Crippen LogP contribution in [0.15, 0.2) is 136 Å². The van der Waals surface area contributed by atoms with Crippen molar-refractivity contribution in [2.24, 2.45) is 0 Å². The van der Waals surface area contributed by atoms with E-state index in [1.165, 1.54) is 17.4 Å². The van der Waals surface area contributed by atoms with Gasteiger partial charge in [0.2, 0.25) is 0 Å². The number of rotatable bonds is 16. The predicted molar refractivity (Wildman–Crippen MR) is 468 cm³/mol. The number of halogens is 5. The van der Waals surface area contributed by atoms with Crippen molar-refractivity contribution in [1.29, 1.82) is 0 Å². The van der Waals surface area contributed by atoms with Gasteiger partial charge in [-0.15, -0.1) is 51.0 Å². The van der Waals surface area contributed by atoms with Crippen LogP contribution in [0.5, 0.6) is 17.2 Å². The molecule has 7 N–H and O–H groups in total. The van der Waals surface area contributed by atoms with Crippen LogP contribution in [-0.2, 0) is 0 Å². The van der Waals surface area contributed by atoms with Crippen LogP contribution in [0.4, 0.5) is 5.82 Å². The van der Waals surface area contributed by atoms with Crippen LogP contribution < -0.4 is 19.9 Å². The van der Waals surface area contributed by atoms with Crippen LogP contribution in [0.1, 0.15) is 134 Å². The summed E-state index contributed by atoms with van der Waals surface area (Å²) in [5.74, 6) is 1.71. The minimum absolute atomic E-state index is 0. The predicted octanol–water partition coefficient (Wildman–Crippen LogP) is 20.4. The zero-order valence-electron chi connectivity index (χ0n) is 66.4. The van der Waals surface area contributed by atoms with Gasteiger partial charge in [0.15, 0.2) is 39.7 Å². The molecule has 1 aliphatic rings. The molecule has 10 aromatic heterocycles. The van der Waals surface area contributed by atoms with E-state index in [9.17, 15) is 25.5 Å². The van der Waals surface area contributed by atoms with Crippen molar-refractivity contribution in [3.63, 3.8) is 0 Å². The molecule has 34 heteroatoms. The van der Waals surface area contributed by atoms with E-state index in [1.807, 2.05) is 143 Å². The van der Waals surface area contributed by atoms with Gasteiger partial charge in [-0.3, -0.25) is 0 Å². The first-order valence-corrected chi connectivity index (χ1v) is 38.8. The average Bonchev–Trinajstić information content (AvgIpc) is 1.65. The SMILES string of the molecule is C.C=C(O)c1nnc2c(-c3cc(Cl)cc(Cl)c3)c(C)nn2c1C.C=C(O)c1nnc2c(-c3ccc(Cl)c(Cl)c3)c(C)nn2c1N.C=C(O)c1nnc2c(-c3ccc(Cl)c(OCC)c3)c(C)nn2c1C.C=C(O)c1nnc2c(-c3ccc(OC(C)C)cc3)c(C)nn2c1C.C=C(O)c1nnc2c(-c3ccc(OC4CCCC4)cc3)c(C)nn2c1C. The second-order valence-corrected chi connectivity index (χ2v) is 29.9. The molecule has 0 saturated heterocycles. The summed E-state index contributed by atoms with van der Waals surface area (Å²) in [5, 5.41) is 114. The van der Waals surface area contributed by atoms with Crippen molar-refractivity contribution in [2.45, 2.75) is 128 Å². The Morgan fingerprint density at radius 3 is 1.08 bits per heavy atom. The summed E-state index contributed by atoms with van der Waals surface area (Å²) in [6, 6.07) is 31.9. The van der Waals surface area contributed by atoms with Gasteiger partial charge in [0.1, 0.15) is 68.8 Å². The molecule has 0 unspecified atom stereocenters. The number of aryl methyl sites for hydroxylation is 9. The minimum Gasteiger partial charge on any atom is -0.506 e. The molecule has 1 aliphatic carbocycles. The molecule has 16 rings (SSSR count). The molecular weight excluding hydrogens is 1620 g/mol. The molecule has 0 atom stereocenters. The maximum atomic E-state index is 9.65. The van der Waals surface area contributed by atoms with Gasteiger partial charge in [-0.05, 0) is 203 Å². The zero-order chi connectivity index (χ0) is 85.2. The first-order chi connectivity index (χ1) is 56.1. The van der Waals surface area contributed by atoms with E-state index < -0.39 is 0 Å². The largest absolute Gasteiger partial charge is 0.506 e. The summed E-state index contributed by atoms with van der Waals surface area (Å²) < 4.78 is 25.4. The quantitative estimate of drug-likeness (QED) is 0.0489. The molecule has 15 aromatic rings. The number of aromatic nitrogens is 20. The average molecular weight is 1710 g/mol. The minimum atomic E-state index is -0.267. The monoisotopic (exact) mass is 1700 g/mol. The van der Waals surface area contributed by atoms with Crippen LogP contribution in [0.2, 0.25) is 25.1 Å². The number of nitrogen functional groups attached to an aromatic ring is 1. The molecule has 0 radical (unpaired) electrons. The number of ether oxygens (including phenoxy) is 3. The first kappa shape index (κ1) is 87.0. The Balaban J connectivity index is 0.000000146. The molecule has 29 nitrogen and oxygen atoms in total. The highest BCUT2D eigenvalue weighted by molar-refractivity contribution is 6.42. The summed E-state index contributed by atoms with van der Waals surface area (Å²) in [6.45, 7) is 40.6. The molecule has 0 spiro atoms. The van der Waals surface area contributed by atoms with Crippen molar-refractivity contribution < 1.29 is 39.7 Å². The van der Waals surface area contributed by atoms with Gasteiger partial charge in [0, 0.05) is 10.0 Å². The van der Waals surface area contributed by atoms with E-state index >= 15 is 0 Å². The number of hydrogen-bond acceptors (Lipinski definition) is 24. The molecule has 5 aromatic carbocycles. The Bertz CT molecular complexity index is 6450. The topological polar surface area (TPSA) is 370 Å². The first-order valence-electron chi connectivity index (χ1n) is 36.9. The van der Waals surface area contributed by atoms with Crippen molar-refractivity contribution in [1.82, 2.24) is 99.1 Å². The lowest BCUT2D eigenvalue weighted by Gasteiger charge is -2.13. The summed E-state index contributed by atoms with van der Waals surface area (Å²) in [6.07, 6.45) is 5.27. The molecule has 119 heavy (non-hydrogen) atoms. The number of hydrogen-bond donors (Lipinski definition) is 6. The molecule has 614 valence electrons. The number of aliphatic hydroxyl groups excluding tert-OH is 5. The number of anilines is 1. The molecule has 0 bridgehead atoms. The fourth-order valence-corrected chi connectivity index (χ4v) is 14.6. The van der Waals surface area contributed by atoms with Crippen LogP contribution in [0.3, 0.4) is 0 Å². The number of aliphatic hydroxyl groups is 5. The standard InChI is InChI=1S/C20H22N4O2.C18H20N4O2.C17H17ClN4O2.C15H12Cl2N4O.C14H11Cl2N5O.CH4/c1-12-18(20-22-21-19(14(3)25)13(2)24(20)23-12)15-8-10-17(11-9-15)26-16-6-4-5-7-16;1-10(2)24-15-8-6-14(7-9-15)16-11(3)21-22-12(4)17(13(5)23)19-20-18(16)22;1-5-24-14-8-12(6-7-13(14)18)15-9(2)21-22-10(3)16(11(4)23)19-20-17(15)22;1-7-13(10-4-11(16)6-12(17)5-10)15-19-18-14(9(3)22)8(2)21(15)20-7;1-6-11(8-3-4-9(15)10(16)5-8)14-19-18-12(7(2)22)13(17)21(14)20-6;/h8-11,16,25H,3-7H2,1-2H3;6-10,23H,5H2,1-4H3;6-8,23H,4-5H2,1-3H3;4-6,22H,3H2,1-2H3;3-5,22H,2,17H2,1H3;1H4. The Hall–Kier alpha value is -12.8. The maximum absolute atomic E-state index is 9.65. The fourth-order valence-electron chi connectivity index (χ4n) is 13.6. The normalized spacial score (nSPS) is 11.8. The summed E-state index contributed by atoms with van der Waals surface area (Å²) in [4.78, 5) is 0. The lowest BCUT2D eigenvalue weighted by molar-refractivity contribution is 0.210. The lowest BCUT2D eigenvalue weighted by atomic mass is 10.1. The van der Waals surface area contributed by atoms with E-state index in [4.69, 9.17) is 77.9 Å². The Morgan fingerprint density at radius 1 is 0.403 bits per heavy atom. The van der Waals surface area contributed by atoms with Gasteiger partial charge in [-0.2, -0.15) is 30.0 Å². The third kappa shape index (κ3) is 18.2. The number of nitrogens with two attached hydrogens (primary N) is 1. The third-order valence-corrected chi connectivity index (χ3v) is 20.5. The number of nitrogens with zero attached hydrogens (tertiary/aromatic N) is 20. The van der Waals surface area contributed by atoms with Gasteiger partial charge in [-0.25, -0.2) is 18.1 Å². The molecule has 0 aliphatic heterocycles. The molecule has 1 fully saturated rings. The van der Waals surface area contributed by atoms with Gasteiger partial charge >= 0.3 is 0 Å². The molecular formula is C85H86Cl5N21O8. The van der Waals surface area contributed by atoms with Gasteiger partial charge in [0.05, 0.1) is 113 Å². The smallest absolute Gasteiger partial charge is 0.187 e. The van der Waals surface area contributed by atoms with Crippen LogP contribution in [0.25, 0.3) is 113 Å². The Morgan fingerprint density at radius 2 is 0.723 bits per heavy atom. The second-order valence-electron chi connectivity index (χ2n) is 27.8. The fraction of sp³-hybridized carbons (Fsp3) is 0.235. The van der Waals surface area contributed by atoms with Crippen LogP contribution >= 0.6 is 58.0 Å². The summed E-state index contributed by atoms with van der Waals surface area (Å²) in [7, 11) is 0. The highest BCUT2D eigenvalue weighted by atomic mass is 35.5. The van der Waals surface area contributed by atoms with Crippen molar-refractivity contribution >= 4 is 121 Å². The van der Waals surface area contributed by atoms with Gasteiger partial charge < -0.3 is 45.5 Å². The van der Waals surface area contributed by atoms with Crippen LogP contribution in [0, 0.1) is 62.3 Å². The van der Waals surface area contributed by atoms with E-state index in [1.54, 1.807) is 61.4 Å². The molecule has 10 heterocycles. The summed E-state index contributed by atoms with van der Waals surface area (Å²) in [5.41, 5.74) is 25.7. The third-order valence-electron chi connectivity index (χ3n) is 19.0. The van der Waals surface area contributed by atoms with E-state index in [-0.39, 0.29) is 53.8 Å². The van der Waals surface area contributed by atoms with E-state index in [0.29, 0.717) is 123 Å². The second kappa shape index (κ2) is 36.4. The highest BCUT2D eigenvalue weighted by Gasteiger charge is 2.26. The highest BCUT2D eigenvalue weighted by Crippen LogP contribution is 2.39. The van der Waals surface area contributed by atoms with Crippen molar-refractivity contribution in [2.75, 3.05) is 12.3 Å². The van der Waals surface area contributed by atoms with Crippen molar-refractivity contribution in [3.8, 4) is 72.9 Å². The van der Waals surface area contributed by atoms with Gasteiger partial charge in [0.25, 0.3) is 0 Å². The molecule has 1 saturated carbocycles. The Kier molecular flexibility index (Phi) is 26.6. The zero-order valence-corrected chi connectivity index (χ0v) is 70.2. The maximum Gasteiger partial charge on any atom is 0.187 e. The Labute approximate surface area is 709 Å².